The van der Waals surface area contributed by atoms with E-state index in [1.807, 2.05) is 7.05 Å². The summed E-state index contributed by atoms with van der Waals surface area (Å²) in [5.41, 5.74) is 0. The van der Waals surface area contributed by atoms with Crippen LogP contribution in [0, 0.1) is 17.8 Å². The summed E-state index contributed by atoms with van der Waals surface area (Å²) in [6.45, 7) is 4.57. The van der Waals surface area contributed by atoms with Crippen LogP contribution in [0.4, 0.5) is 0 Å². The van der Waals surface area contributed by atoms with Crippen molar-refractivity contribution in [1.82, 2.24) is 10.6 Å². The van der Waals surface area contributed by atoms with Gasteiger partial charge in [-0.05, 0) is 43.4 Å². The number of aliphatic imine (C=N–C) groups is 1. The summed E-state index contributed by atoms with van der Waals surface area (Å²) in [7, 11) is 1.87. The van der Waals surface area contributed by atoms with Crippen LogP contribution in [-0.4, -0.2) is 26.1 Å². The molecule has 0 aliphatic heterocycles. The van der Waals surface area contributed by atoms with Crippen molar-refractivity contribution in [2.75, 3.05) is 20.1 Å². The van der Waals surface area contributed by atoms with Crippen molar-refractivity contribution >= 4 is 5.96 Å². The molecule has 2 N–H and O–H groups in total. The molecule has 2 aliphatic rings. The Morgan fingerprint density at radius 2 is 1.94 bits per heavy atom. The molecule has 3 heteroatoms. The van der Waals surface area contributed by atoms with Crippen molar-refractivity contribution in [1.29, 1.82) is 0 Å². The molecule has 0 amide bonds. The van der Waals surface area contributed by atoms with Gasteiger partial charge in [-0.1, -0.05) is 26.2 Å². The second-order valence-electron chi connectivity index (χ2n) is 6.25. The van der Waals surface area contributed by atoms with Crippen molar-refractivity contribution in [3.05, 3.63) is 0 Å². The van der Waals surface area contributed by atoms with Crippen molar-refractivity contribution in [3.63, 3.8) is 0 Å². The summed E-state index contributed by atoms with van der Waals surface area (Å²) in [4.78, 5) is 4.28. The van der Waals surface area contributed by atoms with Crippen LogP contribution >= 0.6 is 0 Å². The van der Waals surface area contributed by atoms with E-state index in [0.717, 1.165) is 36.8 Å². The fourth-order valence-corrected chi connectivity index (χ4v) is 3.00. The molecule has 0 aromatic heterocycles. The van der Waals surface area contributed by atoms with E-state index >= 15 is 0 Å². The van der Waals surface area contributed by atoms with Crippen LogP contribution in [0.25, 0.3) is 0 Å². The molecule has 3 nitrogen and oxygen atoms in total. The summed E-state index contributed by atoms with van der Waals surface area (Å²) in [6, 6.07) is 0. The highest BCUT2D eigenvalue weighted by Crippen LogP contribution is 2.30. The molecular formula is C15H29N3. The highest BCUT2D eigenvalue weighted by Gasteiger charge is 2.21. The van der Waals surface area contributed by atoms with Gasteiger partial charge in [-0.2, -0.15) is 0 Å². The molecule has 0 aromatic carbocycles. The largest absolute Gasteiger partial charge is 0.356 e. The van der Waals surface area contributed by atoms with Gasteiger partial charge in [-0.3, -0.25) is 4.99 Å². The first-order valence-corrected chi connectivity index (χ1v) is 7.72. The van der Waals surface area contributed by atoms with Crippen LogP contribution in [0.3, 0.4) is 0 Å². The Labute approximate surface area is 112 Å². The van der Waals surface area contributed by atoms with Crippen LogP contribution in [0.15, 0.2) is 4.99 Å². The van der Waals surface area contributed by atoms with Crippen LogP contribution in [-0.2, 0) is 0 Å². The van der Waals surface area contributed by atoms with E-state index < -0.39 is 0 Å². The van der Waals surface area contributed by atoms with Gasteiger partial charge in [0.15, 0.2) is 5.96 Å². The predicted octanol–water partition coefficient (Wildman–Crippen LogP) is 2.78. The summed E-state index contributed by atoms with van der Waals surface area (Å²) in [6.07, 6.45) is 9.81. The Bertz CT molecular complexity index is 271. The van der Waals surface area contributed by atoms with Crippen LogP contribution in [0.5, 0.6) is 0 Å². The molecule has 2 rings (SSSR count). The number of hydrogen-bond acceptors (Lipinski definition) is 1. The lowest BCUT2D eigenvalue weighted by Gasteiger charge is -2.26. The molecule has 18 heavy (non-hydrogen) atoms. The van der Waals surface area contributed by atoms with Gasteiger partial charge in [0, 0.05) is 20.1 Å². The Kier molecular flexibility index (Phi) is 5.33. The summed E-state index contributed by atoms with van der Waals surface area (Å²) in [5.74, 6) is 3.77. The molecule has 0 bridgehead atoms. The van der Waals surface area contributed by atoms with Gasteiger partial charge >= 0.3 is 0 Å². The van der Waals surface area contributed by atoms with Crippen molar-refractivity contribution in [3.8, 4) is 0 Å². The molecule has 2 unspecified atom stereocenters. The molecular weight excluding hydrogens is 222 g/mol. The van der Waals surface area contributed by atoms with Crippen LogP contribution in [0.2, 0.25) is 0 Å². The third kappa shape index (κ3) is 4.87. The second kappa shape index (κ2) is 7.01. The minimum atomic E-state index is 0.905. The van der Waals surface area contributed by atoms with Crippen molar-refractivity contribution in [2.45, 2.75) is 51.9 Å². The highest BCUT2D eigenvalue weighted by atomic mass is 15.2. The van der Waals surface area contributed by atoms with Crippen molar-refractivity contribution < 1.29 is 0 Å². The van der Waals surface area contributed by atoms with Gasteiger partial charge in [0.2, 0.25) is 0 Å². The quantitative estimate of drug-likeness (QED) is 0.582. The van der Waals surface area contributed by atoms with Gasteiger partial charge in [-0.15, -0.1) is 0 Å². The van der Waals surface area contributed by atoms with Crippen molar-refractivity contribution in [2.24, 2.45) is 22.7 Å². The number of rotatable bonds is 5. The molecule has 0 saturated heterocycles. The van der Waals surface area contributed by atoms with E-state index in [1.54, 1.807) is 0 Å². The molecule has 0 spiro atoms. The first-order chi connectivity index (χ1) is 8.78. The minimum absolute atomic E-state index is 0.905. The lowest BCUT2D eigenvalue weighted by molar-refractivity contribution is 0.270. The van der Waals surface area contributed by atoms with Crippen LogP contribution in [0.1, 0.15) is 51.9 Å². The Morgan fingerprint density at radius 1 is 1.11 bits per heavy atom. The van der Waals surface area contributed by atoms with Gasteiger partial charge in [0.05, 0.1) is 0 Å². The fraction of sp³-hybridized carbons (Fsp3) is 0.933. The smallest absolute Gasteiger partial charge is 0.190 e. The fourth-order valence-electron chi connectivity index (χ4n) is 3.00. The predicted molar refractivity (Wildman–Crippen MR) is 77.8 cm³/mol. The molecule has 2 fully saturated rings. The highest BCUT2D eigenvalue weighted by molar-refractivity contribution is 5.79. The first-order valence-electron chi connectivity index (χ1n) is 7.72. The van der Waals surface area contributed by atoms with Gasteiger partial charge < -0.3 is 10.6 Å². The normalized spacial score (nSPS) is 29.1. The zero-order chi connectivity index (χ0) is 12.8. The molecule has 0 aromatic rings. The summed E-state index contributed by atoms with van der Waals surface area (Å²) in [5, 5.41) is 6.87. The third-order valence-corrected chi connectivity index (χ3v) is 4.37. The summed E-state index contributed by atoms with van der Waals surface area (Å²) < 4.78 is 0. The Morgan fingerprint density at radius 3 is 2.61 bits per heavy atom. The first kappa shape index (κ1) is 13.7. The average Bonchev–Trinajstić information content (AvgIpc) is 3.17. The maximum Gasteiger partial charge on any atom is 0.190 e. The maximum absolute atomic E-state index is 4.28. The Hall–Kier alpha value is -0.730. The zero-order valence-corrected chi connectivity index (χ0v) is 12.0. The number of nitrogens with one attached hydrogen (secondary N) is 2. The standard InChI is InChI=1S/C15H29N3/c1-12-4-3-5-13(10-12)8-9-17-15(16-2)18-11-14-6-7-14/h12-14H,3-11H2,1-2H3,(H2,16,17,18). The SMILES string of the molecule is CN=C(NCCC1CCCC(C)C1)NCC1CC1. The molecule has 0 heterocycles. The van der Waals surface area contributed by atoms with Crippen LogP contribution < -0.4 is 10.6 Å². The van der Waals surface area contributed by atoms with E-state index in [1.165, 1.54) is 44.9 Å². The molecule has 104 valence electrons. The number of nitrogens with zero attached hydrogens (tertiary/aromatic N) is 1. The van der Waals surface area contributed by atoms with E-state index in [0.29, 0.717) is 0 Å². The van der Waals surface area contributed by atoms with E-state index in [4.69, 9.17) is 0 Å². The van der Waals surface area contributed by atoms with Gasteiger partial charge in [0.25, 0.3) is 0 Å². The maximum atomic E-state index is 4.28. The minimum Gasteiger partial charge on any atom is -0.356 e. The van der Waals surface area contributed by atoms with E-state index in [9.17, 15) is 0 Å². The average molecular weight is 251 g/mol. The molecule has 2 saturated carbocycles. The molecule has 2 atom stereocenters. The molecule has 2 aliphatic carbocycles. The monoisotopic (exact) mass is 251 g/mol. The number of guanidine groups is 1. The molecule has 0 radical (unpaired) electrons. The summed E-state index contributed by atoms with van der Waals surface area (Å²) >= 11 is 0. The van der Waals surface area contributed by atoms with Gasteiger partial charge in [-0.25, -0.2) is 0 Å². The van der Waals surface area contributed by atoms with E-state index in [-0.39, 0.29) is 0 Å². The van der Waals surface area contributed by atoms with Gasteiger partial charge in [0.1, 0.15) is 0 Å². The second-order valence-corrected chi connectivity index (χ2v) is 6.25. The Balaban J connectivity index is 1.57. The number of hydrogen-bond donors (Lipinski definition) is 2. The topological polar surface area (TPSA) is 36.4 Å². The van der Waals surface area contributed by atoms with E-state index in [2.05, 4.69) is 22.5 Å². The lowest BCUT2D eigenvalue weighted by atomic mass is 9.81. The zero-order valence-electron chi connectivity index (χ0n) is 12.0. The lowest BCUT2D eigenvalue weighted by Crippen LogP contribution is -2.39. The third-order valence-electron chi connectivity index (χ3n) is 4.37.